The topological polar surface area (TPSA) is 42.2 Å². The molecule has 1 saturated carbocycles. The highest BCUT2D eigenvalue weighted by molar-refractivity contribution is 5.03. The van der Waals surface area contributed by atoms with Crippen LogP contribution in [0.5, 0.6) is 0 Å². The molecule has 2 rings (SSSR count). The number of hydrogen-bond acceptors (Lipinski definition) is 4. The Balaban J connectivity index is 1.84. The third-order valence-electron chi connectivity index (χ3n) is 3.44. The maximum atomic E-state index is 5.35. The van der Waals surface area contributed by atoms with Gasteiger partial charge in [0.2, 0.25) is 5.89 Å². The molecule has 0 N–H and O–H groups in total. The predicted molar refractivity (Wildman–Crippen MR) is 71.4 cm³/mol. The summed E-state index contributed by atoms with van der Waals surface area (Å²) in [6.07, 6.45) is 7.42. The van der Waals surface area contributed by atoms with Crippen LogP contribution in [0.2, 0.25) is 0 Å². The van der Waals surface area contributed by atoms with E-state index in [-0.39, 0.29) is 0 Å². The van der Waals surface area contributed by atoms with Crippen LogP contribution in [0.1, 0.15) is 70.0 Å². The predicted octanol–water partition coefficient (Wildman–Crippen LogP) is 3.35. The van der Waals surface area contributed by atoms with Crippen molar-refractivity contribution in [2.24, 2.45) is 0 Å². The molecule has 1 aliphatic carbocycles. The maximum absolute atomic E-state index is 5.35. The summed E-state index contributed by atoms with van der Waals surface area (Å²) in [6.45, 7) is 7.56. The highest BCUT2D eigenvalue weighted by Crippen LogP contribution is 2.38. The van der Waals surface area contributed by atoms with Crippen LogP contribution < -0.4 is 0 Å². The van der Waals surface area contributed by atoms with Crippen LogP contribution in [0, 0.1) is 0 Å². The monoisotopic (exact) mass is 251 g/mol. The summed E-state index contributed by atoms with van der Waals surface area (Å²) < 4.78 is 5.35. The average molecular weight is 251 g/mol. The summed E-state index contributed by atoms with van der Waals surface area (Å²) >= 11 is 0. The van der Waals surface area contributed by atoms with Crippen molar-refractivity contribution in [2.45, 2.75) is 64.8 Å². The summed E-state index contributed by atoms with van der Waals surface area (Å²) in [6, 6.07) is 0. The van der Waals surface area contributed by atoms with Crippen molar-refractivity contribution in [3.63, 3.8) is 0 Å². The second kappa shape index (κ2) is 6.88. The standard InChI is InChI=1S/C14H25N3O/c1-3-5-9-17(10-6-4-2)11-13-15-14(16-18-13)12-7-8-12/h12H,3-11H2,1-2H3. The van der Waals surface area contributed by atoms with E-state index in [1.807, 2.05) is 0 Å². The van der Waals surface area contributed by atoms with Crippen molar-refractivity contribution in [3.8, 4) is 0 Å². The third kappa shape index (κ3) is 4.09. The maximum Gasteiger partial charge on any atom is 0.240 e. The number of hydrogen-bond donors (Lipinski definition) is 0. The summed E-state index contributed by atoms with van der Waals surface area (Å²) in [5, 5.41) is 4.08. The first kappa shape index (κ1) is 13.5. The third-order valence-corrected chi connectivity index (χ3v) is 3.44. The molecule has 0 aliphatic heterocycles. The van der Waals surface area contributed by atoms with E-state index in [0.717, 1.165) is 31.3 Å². The van der Waals surface area contributed by atoms with E-state index in [2.05, 4.69) is 28.9 Å². The van der Waals surface area contributed by atoms with E-state index in [1.165, 1.54) is 38.5 Å². The molecular formula is C14H25N3O. The van der Waals surface area contributed by atoms with Crippen molar-refractivity contribution < 1.29 is 4.52 Å². The molecule has 0 aromatic carbocycles. The van der Waals surface area contributed by atoms with E-state index >= 15 is 0 Å². The first-order valence-corrected chi connectivity index (χ1v) is 7.38. The van der Waals surface area contributed by atoms with Crippen LogP contribution in [0.25, 0.3) is 0 Å². The molecule has 1 heterocycles. The minimum absolute atomic E-state index is 0.585. The van der Waals surface area contributed by atoms with Crippen LogP contribution >= 0.6 is 0 Å². The van der Waals surface area contributed by atoms with E-state index in [0.29, 0.717) is 5.92 Å². The van der Waals surface area contributed by atoms with Gasteiger partial charge in [-0.1, -0.05) is 31.8 Å². The zero-order valence-corrected chi connectivity index (χ0v) is 11.7. The van der Waals surface area contributed by atoms with Gasteiger partial charge in [-0.25, -0.2) is 0 Å². The SMILES string of the molecule is CCCCN(CCCC)Cc1nc(C2CC2)no1. The fraction of sp³-hybridized carbons (Fsp3) is 0.857. The van der Waals surface area contributed by atoms with Crippen LogP contribution in [0.15, 0.2) is 4.52 Å². The summed E-state index contributed by atoms with van der Waals surface area (Å²) in [7, 11) is 0. The molecule has 0 unspecified atom stereocenters. The summed E-state index contributed by atoms with van der Waals surface area (Å²) in [5.74, 6) is 2.31. The summed E-state index contributed by atoms with van der Waals surface area (Å²) in [4.78, 5) is 6.95. The van der Waals surface area contributed by atoms with Gasteiger partial charge in [0, 0.05) is 5.92 Å². The number of nitrogens with zero attached hydrogens (tertiary/aromatic N) is 3. The van der Waals surface area contributed by atoms with Gasteiger partial charge in [0.15, 0.2) is 5.82 Å². The minimum atomic E-state index is 0.585. The van der Waals surface area contributed by atoms with Crippen LogP contribution in [-0.4, -0.2) is 28.1 Å². The molecule has 1 aromatic heterocycles. The molecule has 0 radical (unpaired) electrons. The van der Waals surface area contributed by atoms with Crippen molar-refractivity contribution in [1.82, 2.24) is 15.0 Å². The lowest BCUT2D eigenvalue weighted by Crippen LogP contribution is -2.25. The van der Waals surface area contributed by atoms with Crippen LogP contribution in [0.3, 0.4) is 0 Å². The van der Waals surface area contributed by atoms with Crippen LogP contribution in [0.4, 0.5) is 0 Å². The number of aromatic nitrogens is 2. The molecule has 1 aromatic rings. The van der Waals surface area contributed by atoms with Crippen molar-refractivity contribution in [3.05, 3.63) is 11.7 Å². The molecule has 0 bridgehead atoms. The molecule has 102 valence electrons. The molecular weight excluding hydrogens is 226 g/mol. The molecule has 0 spiro atoms. The van der Waals surface area contributed by atoms with Crippen molar-refractivity contribution in [2.75, 3.05) is 13.1 Å². The first-order valence-electron chi connectivity index (χ1n) is 7.38. The minimum Gasteiger partial charge on any atom is -0.338 e. The Hall–Kier alpha value is -0.900. The van der Waals surface area contributed by atoms with Gasteiger partial charge >= 0.3 is 0 Å². The molecule has 4 heteroatoms. The lowest BCUT2D eigenvalue weighted by atomic mass is 10.2. The highest BCUT2D eigenvalue weighted by Gasteiger charge is 2.28. The van der Waals surface area contributed by atoms with Gasteiger partial charge in [-0.2, -0.15) is 4.98 Å². The molecule has 0 atom stereocenters. The Morgan fingerprint density at radius 2 is 1.83 bits per heavy atom. The van der Waals surface area contributed by atoms with Gasteiger partial charge in [-0.3, -0.25) is 4.90 Å². The summed E-state index contributed by atoms with van der Waals surface area (Å²) in [5.41, 5.74) is 0. The Morgan fingerprint density at radius 3 is 2.39 bits per heavy atom. The smallest absolute Gasteiger partial charge is 0.240 e. The molecule has 1 fully saturated rings. The van der Waals surface area contributed by atoms with Gasteiger partial charge in [0.1, 0.15) is 0 Å². The zero-order chi connectivity index (χ0) is 12.8. The fourth-order valence-electron chi connectivity index (χ4n) is 2.06. The first-order chi connectivity index (χ1) is 8.83. The highest BCUT2D eigenvalue weighted by atomic mass is 16.5. The Morgan fingerprint density at radius 1 is 1.17 bits per heavy atom. The quantitative estimate of drug-likeness (QED) is 0.675. The molecule has 4 nitrogen and oxygen atoms in total. The molecule has 18 heavy (non-hydrogen) atoms. The van der Waals surface area contributed by atoms with Crippen molar-refractivity contribution >= 4 is 0 Å². The second-order valence-corrected chi connectivity index (χ2v) is 5.30. The second-order valence-electron chi connectivity index (χ2n) is 5.30. The molecule has 0 saturated heterocycles. The molecule has 1 aliphatic rings. The lowest BCUT2D eigenvalue weighted by Gasteiger charge is -2.19. The Kier molecular flexibility index (Phi) is 5.17. The Labute approximate surface area is 110 Å². The van der Waals surface area contributed by atoms with Gasteiger partial charge < -0.3 is 4.52 Å². The van der Waals surface area contributed by atoms with E-state index < -0.39 is 0 Å². The zero-order valence-electron chi connectivity index (χ0n) is 11.7. The number of rotatable bonds is 9. The van der Waals surface area contributed by atoms with Crippen LogP contribution in [-0.2, 0) is 6.54 Å². The van der Waals surface area contributed by atoms with Gasteiger partial charge in [-0.05, 0) is 38.8 Å². The van der Waals surface area contributed by atoms with Gasteiger partial charge in [0.05, 0.1) is 6.54 Å². The van der Waals surface area contributed by atoms with Gasteiger partial charge in [0.25, 0.3) is 0 Å². The van der Waals surface area contributed by atoms with E-state index in [9.17, 15) is 0 Å². The largest absolute Gasteiger partial charge is 0.338 e. The van der Waals surface area contributed by atoms with E-state index in [1.54, 1.807) is 0 Å². The Bertz CT molecular complexity index is 339. The van der Waals surface area contributed by atoms with Gasteiger partial charge in [-0.15, -0.1) is 0 Å². The lowest BCUT2D eigenvalue weighted by molar-refractivity contribution is 0.220. The normalized spacial score (nSPS) is 15.5. The average Bonchev–Trinajstić information content (AvgIpc) is 3.13. The fourth-order valence-corrected chi connectivity index (χ4v) is 2.06. The van der Waals surface area contributed by atoms with Crippen molar-refractivity contribution in [1.29, 1.82) is 0 Å². The number of unbranched alkanes of at least 4 members (excludes halogenated alkanes) is 2. The van der Waals surface area contributed by atoms with E-state index in [4.69, 9.17) is 4.52 Å². The molecule has 0 amide bonds.